The van der Waals surface area contributed by atoms with E-state index < -0.39 is 10.8 Å². The van der Waals surface area contributed by atoms with Gasteiger partial charge in [0.05, 0.1) is 17.2 Å². The van der Waals surface area contributed by atoms with Crippen LogP contribution in [-0.2, 0) is 12.3 Å². The highest BCUT2D eigenvalue weighted by Gasteiger charge is 2.19. The number of non-ortho nitro benzene ring substituents is 1. The number of nitrogens with zero attached hydrogens (tertiary/aromatic N) is 4. The highest BCUT2D eigenvalue weighted by molar-refractivity contribution is 7.98. The third kappa shape index (κ3) is 5.70. The minimum absolute atomic E-state index is 0.0748. The molecule has 4 aromatic rings. The Morgan fingerprint density at radius 2 is 1.86 bits per heavy atom. The molecule has 3 aromatic carbocycles. The quantitative estimate of drug-likeness (QED) is 0.187. The molecule has 0 atom stereocenters. The molecule has 0 unspecified atom stereocenters. The zero-order valence-corrected chi connectivity index (χ0v) is 20.6. The first-order chi connectivity index (χ1) is 16.8. The summed E-state index contributed by atoms with van der Waals surface area (Å²) in [6.07, 6.45) is 0. The fraction of sp³-hybridized carbons (Fsp3) is 0.160. The van der Waals surface area contributed by atoms with Gasteiger partial charge < -0.3 is 5.32 Å². The van der Waals surface area contributed by atoms with Gasteiger partial charge >= 0.3 is 0 Å². The molecule has 0 aliphatic heterocycles. The van der Waals surface area contributed by atoms with Gasteiger partial charge in [-0.15, -0.1) is 10.2 Å². The van der Waals surface area contributed by atoms with Crippen molar-refractivity contribution < 1.29 is 9.72 Å². The number of benzene rings is 3. The minimum atomic E-state index is -0.534. The zero-order valence-electron chi connectivity index (χ0n) is 19.1. The van der Waals surface area contributed by atoms with Gasteiger partial charge in [0, 0.05) is 28.5 Å². The van der Waals surface area contributed by atoms with E-state index in [2.05, 4.69) is 34.6 Å². The highest BCUT2D eigenvalue weighted by atomic mass is 35.5. The predicted octanol–water partition coefficient (Wildman–Crippen LogP) is 5.67. The van der Waals surface area contributed by atoms with Gasteiger partial charge in [0.1, 0.15) is 0 Å². The number of nitro benzene ring substituents is 1. The summed E-state index contributed by atoms with van der Waals surface area (Å²) in [6, 6.07) is 19.3. The van der Waals surface area contributed by atoms with Gasteiger partial charge in [-0.25, -0.2) is 0 Å². The Balaban J connectivity index is 1.62. The molecule has 0 saturated heterocycles. The third-order valence-corrected chi connectivity index (χ3v) is 6.67. The van der Waals surface area contributed by atoms with Crippen LogP contribution >= 0.6 is 23.4 Å². The molecule has 0 aliphatic rings. The Kier molecular flexibility index (Phi) is 7.48. The molecule has 1 amide bonds. The zero-order chi connectivity index (χ0) is 24.9. The summed E-state index contributed by atoms with van der Waals surface area (Å²) in [5.74, 6) is 0.770. The van der Waals surface area contributed by atoms with Crippen LogP contribution in [0.1, 0.15) is 32.9 Å². The Morgan fingerprint density at radius 1 is 1.06 bits per heavy atom. The average Bonchev–Trinajstić information content (AvgIpc) is 3.26. The lowest BCUT2D eigenvalue weighted by Crippen LogP contribution is -2.24. The Hall–Kier alpha value is -3.69. The molecule has 8 nitrogen and oxygen atoms in total. The number of aryl methyl sites for hydroxylation is 2. The number of nitrogens with one attached hydrogen (secondary N) is 1. The molecule has 4 rings (SSSR count). The first kappa shape index (κ1) is 24.4. The van der Waals surface area contributed by atoms with Crippen LogP contribution in [0, 0.1) is 24.0 Å². The van der Waals surface area contributed by atoms with Crippen LogP contribution in [0.25, 0.3) is 5.69 Å². The maximum atomic E-state index is 12.7. The van der Waals surface area contributed by atoms with E-state index in [1.165, 1.54) is 47.2 Å². The fourth-order valence-corrected chi connectivity index (χ4v) is 4.72. The molecule has 0 saturated carbocycles. The number of thioether (sulfide) groups is 1. The van der Waals surface area contributed by atoms with Crippen LogP contribution < -0.4 is 5.32 Å². The monoisotopic (exact) mass is 507 g/mol. The summed E-state index contributed by atoms with van der Waals surface area (Å²) in [5.41, 5.74) is 4.21. The van der Waals surface area contributed by atoms with Gasteiger partial charge in [0.25, 0.3) is 11.6 Å². The Labute approximate surface area is 211 Å². The van der Waals surface area contributed by atoms with Gasteiger partial charge in [0.2, 0.25) is 0 Å². The molecule has 0 spiro atoms. The van der Waals surface area contributed by atoms with Gasteiger partial charge in [-0.2, -0.15) is 0 Å². The van der Waals surface area contributed by atoms with E-state index in [9.17, 15) is 14.9 Å². The van der Waals surface area contributed by atoms with Crippen LogP contribution in [0.2, 0.25) is 5.02 Å². The first-order valence-corrected chi connectivity index (χ1v) is 12.1. The van der Waals surface area contributed by atoms with E-state index in [1.807, 2.05) is 41.8 Å². The van der Waals surface area contributed by atoms with E-state index in [1.54, 1.807) is 0 Å². The van der Waals surface area contributed by atoms with Crippen molar-refractivity contribution >= 4 is 35.0 Å². The van der Waals surface area contributed by atoms with Crippen molar-refractivity contribution in [2.24, 2.45) is 0 Å². The molecule has 1 heterocycles. The number of carbonyl (C=O) groups excluding carboxylic acids is 1. The highest BCUT2D eigenvalue weighted by Crippen LogP contribution is 2.29. The summed E-state index contributed by atoms with van der Waals surface area (Å²) in [5, 5.41) is 23.8. The standard InChI is InChI=1S/C25H22ClN5O3S/c1-16-6-3-4-7-19(16)15-35-25-29-28-23(30(25)22-13-20(26)11-10-17(22)2)14-27-24(32)18-8-5-9-21(12-18)31(33)34/h3-13H,14-15H2,1-2H3,(H,27,32). The van der Waals surface area contributed by atoms with E-state index >= 15 is 0 Å². The number of nitro groups is 1. The third-order valence-electron chi connectivity index (χ3n) is 5.46. The summed E-state index contributed by atoms with van der Waals surface area (Å²) in [7, 11) is 0. The predicted molar refractivity (Wildman–Crippen MR) is 136 cm³/mol. The van der Waals surface area contributed by atoms with E-state index in [0.29, 0.717) is 21.8 Å². The molecule has 10 heteroatoms. The number of carbonyl (C=O) groups is 1. The minimum Gasteiger partial charge on any atom is -0.345 e. The van der Waals surface area contributed by atoms with Crippen molar-refractivity contribution in [3.8, 4) is 5.69 Å². The molecule has 0 aliphatic carbocycles. The molecule has 0 radical (unpaired) electrons. The summed E-state index contributed by atoms with van der Waals surface area (Å²) in [6.45, 7) is 4.11. The molecule has 178 valence electrons. The Morgan fingerprint density at radius 3 is 2.63 bits per heavy atom. The topological polar surface area (TPSA) is 103 Å². The van der Waals surface area contributed by atoms with E-state index in [0.717, 1.165) is 11.3 Å². The van der Waals surface area contributed by atoms with Crippen LogP contribution in [0.5, 0.6) is 0 Å². The van der Waals surface area contributed by atoms with Crippen LogP contribution in [-0.4, -0.2) is 25.6 Å². The van der Waals surface area contributed by atoms with Gasteiger partial charge in [-0.05, 0) is 48.7 Å². The smallest absolute Gasteiger partial charge is 0.270 e. The number of hydrogen-bond acceptors (Lipinski definition) is 6. The molecule has 1 N–H and O–H groups in total. The molecule has 1 aromatic heterocycles. The number of aromatic nitrogens is 3. The van der Waals surface area contributed by atoms with Gasteiger partial charge in [-0.3, -0.25) is 19.5 Å². The second-order valence-electron chi connectivity index (χ2n) is 7.87. The van der Waals surface area contributed by atoms with Crippen molar-refractivity contribution in [3.05, 3.63) is 110 Å². The van der Waals surface area contributed by atoms with Crippen molar-refractivity contribution in [3.63, 3.8) is 0 Å². The SMILES string of the molecule is Cc1ccccc1CSc1nnc(CNC(=O)c2cccc([N+](=O)[O-])c2)n1-c1cc(Cl)ccc1C. The second-order valence-corrected chi connectivity index (χ2v) is 9.25. The van der Waals surface area contributed by atoms with Gasteiger partial charge in [0.15, 0.2) is 11.0 Å². The Bertz CT molecular complexity index is 1410. The largest absolute Gasteiger partial charge is 0.345 e. The number of halogens is 1. The number of amides is 1. The maximum absolute atomic E-state index is 12.7. The second kappa shape index (κ2) is 10.7. The van der Waals surface area contributed by atoms with Crippen molar-refractivity contribution in [1.82, 2.24) is 20.1 Å². The van der Waals surface area contributed by atoms with Crippen LogP contribution in [0.15, 0.2) is 71.9 Å². The fourth-order valence-electron chi connectivity index (χ4n) is 3.51. The first-order valence-electron chi connectivity index (χ1n) is 10.7. The van der Waals surface area contributed by atoms with Crippen LogP contribution in [0.3, 0.4) is 0 Å². The van der Waals surface area contributed by atoms with E-state index in [-0.39, 0.29) is 17.8 Å². The number of rotatable bonds is 8. The summed E-state index contributed by atoms with van der Waals surface area (Å²) >= 11 is 7.83. The van der Waals surface area contributed by atoms with Crippen molar-refractivity contribution in [2.75, 3.05) is 0 Å². The lowest BCUT2D eigenvalue weighted by atomic mass is 10.1. The average molecular weight is 508 g/mol. The summed E-state index contributed by atoms with van der Waals surface area (Å²) in [4.78, 5) is 23.2. The van der Waals surface area contributed by atoms with Crippen LogP contribution in [0.4, 0.5) is 5.69 Å². The molecule has 0 bridgehead atoms. The lowest BCUT2D eigenvalue weighted by molar-refractivity contribution is -0.384. The molecular formula is C25H22ClN5O3S. The lowest BCUT2D eigenvalue weighted by Gasteiger charge is -2.14. The normalized spacial score (nSPS) is 10.8. The van der Waals surface area contributed by atoms with Crippen molar-refractivity contribution in [1.29, 1.82) is 0 Å². The molecular weight excluding hydrogens is 486 g/mol. The van der Waals surface area contributed by atoms with Crippen molar-refractivity contribution in [2.45, 2.75) is 31.3 Å². The molecule has 35 heavy (non-hydrogen) atoms. The molecule has 0 fully saturated rings. The van der Waals surface area contributed by atoms with Gasteiger partial charge in [-0.1, -0.05) is 59.8 Å². The maximum Gasteiger partial charge on any atom is 0.270 e. The summed E-state index contributed by atoms with van der Waals surface area (Å²) < 4.78 is 1.89. The van der Waals surface area contributed by atoms with E-state index in [4.69, 9.17) is 11.6 Å². The number of hydrogen-bond donors (Lipinski definition) is 1.